The van der Waals surface area contributed by atoms with Gasteiger partial charge in [0, 0.05) is 12.1 Å². The first kappa shape index (κ1) is 26.9. The largest absolute Gasteiger partial charge is 0.453 e. The van der Waals surface area contributed by atoms with Gasteiger partial charge in [0.2, 0.25) is 0 Å². The third-order valence-corrected chi connectivity index (χ3v) is 6.62. The van der Waals surface area contributed by atoms with Crippen LogP contribution in [0.4, 0.5) is 0 Å². The molecule has 0 aliphatic carbocycles. The average Bonchev–Trinajstić information content (AvgIpc) is 2.81. The molecular formula is C27H29NO7S. The maximum Gasteiger partial charge on any atom is 0.343 e. The van der Waals surface area contributed by atoms with Gasteiger partial charge < -0.3 is 19.0 Å². The number of rotatable bonds is 10. The Balaban J connectivity index is 2.04. The molecule has 0 saturated heterocycles. The molecule has 1 unspecified atom stereocenters. The molecule has 190 valence electrons. The molecule has 36 heavy (non-hydrogen) atoms. The standard InChI is InChI=1S/C27H29NO7S/c1-19-10-13-22(14-11-19)34-24-16-21(25(17-28-27(2,3)4)36(31,32)33-18-29)12-15-23(24)35-26(30)20-8-6-5-7-9-20/h5-16,18,25,28H,17H2,1-4H3. The maximum absolute atomic E-state index is 12.8. The van der Waals surface area contributed by atoms with Gasteiger partial charge in [0.05, 0.1) is 5.56 Å². The lowest BCUT2D eigenvalue weighted by Gasteiger charge is -2.25. The van der Waals surface area contributed by atoms with E-state index in [2.05, 4.69) is 9.50 Å². The predicted octanol–water partition coefficient (Wildman–Crippen LogP) is 4.94. The molecule has 0 heterocycles. The number of hydrogen-bond donors (Lipinski definition) is 1. The van der Waals surface area contributed by atoms with Crippen LogP contribution < -0.4 is 14.8 Å². The van der Waals surface area contributed by atoms with Crippen LogP contribution >= 0.6 is 0 Å². The Morgan fingerprint density at radius 2 is 1.64 bits per heavy atom. The monoisotopic (exact) mass is 511 g/mol. The van der Waals surface area contributed by atoms with Crippen molar-refractivity contribution < 1.29 is 31.7 Å². The quantitative estimate of drug-likeness (QED) is 0.177. The summed E-state index contributed by atoms with van der Waals surface area (Å²) in [5.41, 5.74) is 1.26. The van der Waals surface area contributed by atoms with Gasteiger partial charge in [-0.2, -0.15) is 8.42 Å². The van der Waals surface area contributed by atoms with Gasteiger partial charge in [0.1, 0.15) is 11.0 Å². The van der Waals surface area contributed by atoms with Crippen molar-refractivity contribution in [2.75, 3.05) is 6.54 Å². The van der Waals surface area contributed by atoms with E-state index in [0.29, 0.717) is 11.3 Å². The Labute approximate surface area is 211 Å². The first-order chi connectivity index (χ1) is 17.0. The summed E-state index contributed by atoms with van der Waals surface area (Å²) < 4.78 is 41.6. The predicted molar refractivity (Wildman–Crippen MR) is 136 cm³/mol. The molecule has 3 rings (SSSR count). The molecule has 0 aliphatic rings. The van der Waals surface area contributed by atoms with E-state index < -0.39 is 26.9 Å². The van der Waals surface area contributed by atoms with Gasteiger partial charge in [-0.25, -0.2) is 4.79 Å². The van der Waals surface area contributed by atoms with Crippen molar-refractivity contribution in [3.05, 3.63) is 89.5 Å². The molecule has 0 amide bonds. The van der Waals surface area contributed by atoms with E-state index in [0.717, 1.165) is 5.56 Å². The number of nitrogens with one attached hydrogen (secondary N) is 1. The summed E-state index contributed by atoms with van der Waals surface area (Å²) in [5, 5.41) is 1.89. The Bertz CT molecular complexity index is 1300. The fourth-order valence-corrected chi connectivity index (χ4v) is 4.27. The van der Waals surface area contributed by atoms with Crippen molar-refractivity contribution in [3.63, 3.8) is 0 Å². The molecule has 0 aliphatic heterocycles. The molecule has 9 heteroatoms. The van der Waals surface area contributed by atoms with Crippen LogP contribution in [0.2, 0.25) is 0 Å². The number of aryl methyl sites for hydroxylation is 1. The molecule has 0 bridgehead atoms. The molecule has 1 atom stereocenters. The second-order valence-corrected chi connectivity index (χ2v) is 10.9. The van der Waals surface area contributed by atoms with Crippen molar-refractivity contribution in [3.8, 4) is 17.2 Å². The van der Waals surface area contributed by atoms with Crippen LogP contribution in [0, 0.1) is 6.92 Å². The topological polar surface area (TPSA) is 108 Å². The highest BCUT2D eigenvalue weighted by Crippen LogP contribution is 2.37. The number of carbonyl (C=O) groups excluding carboxylic acids is 2. The normalized spacial score (nSPS) is 12.4. The van der Waals surface area contributed by atoms with Crippen molar-refractivity contribution >= 4 is 22.6 Å². The highest BCUT2D eigenvalue weighted by Gasteiger charge is 2.31. The van der Waals surface area contributed by atoms with Crippen LogP contribution in [0.1, 0.15) is 47.5 Å². The van der Waals surface area contributed by atoms with E-state index in [-0.39, 0.29) is 30.1 Å². The first-order valence-corrected chi connectivity index (χ1v) is 12.7. The molecule has 0 radical (unpaired) electrons. The molecular weight excluding hydrogens is 482 g/mol. The van der Waals surface area contributed by atoms with Gasteiger partial charge in [-0.3, -0.25) is 4.79 Å². The van der Waals surface area contributed by atoms with Crippen LogP contribution in [0.25, 0.3) is 0 Å². The Kier molecular flexibility index (Phi) is 8.49. The zero-order chi connectivity index (χ0) is 26.3. The van der Waals surface area contributed by atoms with Crippen LogP contribution in [0.5, 0.6) is 17.2 Å². The Morgan fingerprint density at radius 1 is 0.972 bits per heavy atom. The van der Waals surface area contributed by atoms with Gasteiger partial charge in [-0.05, 0) is 69.7 Å². The summed E-state index contributed by atoms with van der Waals surface area (Å²) in [5.74, 6) is 0.0956. The van der Waals surface area contributed by atoms with E-state index >= 15 is 0 Å². The summed E-state index contributed by atoms with van der Waals surface area (Å²) >= 11 is 0. The second-order valence-electron chi connectivity index (χ2n) is 9.18. The summed E-state index contributed by atoms with van der Waals surface area (Å²) in [6, 6.07) is 20.1. The summed E-state index contributed by atoms with van der Waals surface area (Å²) in [4.78, 5) is 23.6. The van der Waals surface area contributed by atoms with Gasteiger partial charge in [-0.1, -0.05) is 42.0 Å². The number of carbonyl (C=O) groups is 2. The third kappa shape index (κ3) is 7.40. The van der Waals surface area contributed by atoms with E-state index in [4.69, 9.17) is 9.47 Å². The van der Waals surface area contributed by atoms with Gasteiger partial charge in [0.25, 0.3) is 0 Å². The fourth-order valence-electron chi connectivity index (χ4n) is 3.26. The number of hydrogen-bond acceptors (Lipinski definition) is 8. The van der Waals surface area contributed by atoms with Gasteiger partial charge in [0.15, 0.2) is 11.5 Å². The molecule has 0 saturated carbocycles. The van der Waals surface area contributed by atoms with Crippen LogP contribution in [0.15, 0.2) is 72.8 Å². The lowest BCUT2D eigenvalue weighted by atomic mass is 10.1. The highest BCUT2D eigenvalue weighted by molar-refractivity contribution is 7.87. The smallest absolute Gasteiger partial charge is 0.343 e. The molecule has 3 aromatic carbocycles. The van der Waals surface area contributed by atoms with Crippen LogP contribution in [-0.2, 0) is 19.1 Å². The lowest BCUT2D eigenvalue weighted by molar-refractivity contribution is -0.120. The highest BCUT2D eigenvalue weighted by atomic mass is 32.2. The zero-order valence-corrected chi connectivity index (χ0v) is 21.4. The van der Waals surface area contributed by atoms with Crippen molar-refractivity contribution in [2.24, 2.45) is 0 Å². The molecule has 0 fully saturated rings. The van der Waals surface area contributed by atoms with Crippen LogP contribution in [-0.4, -0.2) is 32.9 Å². The second kappa shape index (κ2) is 11.4. The zero-order valence-electron chi connectivity index (χ0n) is 20.6. The molecule has 3 aromatic rings. The minimum absolute atomic E-state index is 0.0349. The van der Waals surface area contributed by atoms with Crippen molar-refractivity contribution in [2.45, 2.75) is 38.5 Å². The first-order valence-electron chi connectivity index (χ1n) is 11.2. The minimum atomic E-state index is -4.32. The van der Waals surface area contributed by atoms with Crippen LogP contribution in [0.3, 0.4) is 0 Å². The molecule has 0 spiro atoms. The number of ether oxygens (including phenoxy) is 2. The van der Waals surface area contributed by atoms with Gasteiger partial charge in [-0.15, -0.1) is 0 Å². The lowest BCUT2D eigenvalue weighted by Crippen LogP contribution is -2.40. The average molecular weight is 512 g/mol. The molecule has 1 N–H and O–H groups in total. The fraction of sp³-hybridized carbons (Fsp3) is 0.259. The van der Waals surface area contributed by atoms with Crippen molar-refractivity contribution in [1.82, 2.24) is 5.32 Å². The van der Waals surface area contributed by atoms with E-state index in [1.807, 2.05) is 39.8 Å². The van der Waals surface area contributed by atoms with E-state index in [1.165, 1.54) is 18.2 Å². The minimum Gasteiger partial charge on any atom is -0.453 e. The maximum atomic E-state index is 12.8. The van der Waals surface area contributed by atoms with Crippen molar-refractivity contribution in [1.29, 1.82) is 0 Å². The third-order valence-electron chi connectivity index (χ3n) is 5.14. The summed E-state index contributed by atoms with van der Waals surface area (Å²) in [7, 11) is -4.32. The number of benzene rings is 3. The Morgan fingerprint density at radius 3 is 2.25 bits per heavy atom. The molecule has 0 aromatic heterocycles. The number of esters is 1. The SMILES string of the molecule is Cc1ccc(Oc2cc(C(CNC(C)(C)C)S(=O)(=O)OC=O)ccc2OC(=O)c2ccccc2)cc1. The van der Waals surface area contributed by atoms with E-state index in [1.54, 1.807) is 42.5 Å². The Hall–Kier alpha value is -3.69. The van der Waals surface area contributed by atoms with Gasteiger partial charge >= 0.3 is 22.6 Å². The molecule has 8 nitrogen and oxygen atoms in total. The van der Waals surface area contributed by atoms with E-state index in [9.17, 15) is 18.0 Å². The summed E-state index contributed by atoms with van der Waals surface area (Å²) in [6.07, 6.45) is 0. The summed E-state index contributed by atoms with van der Waals surface area (Å²) in [6.45, 7) is 7.44.